The van der Waals surface area contributed by atoms with Gasteiger partial charge in [0.25, 0.3) is 11.8 Å². The number of aryl methyl sites for hydroxylation is 1. The fourth-order valence-electron chi connectivity index (χ4n) is 3.03. The summed E-state index contributed by atoms with van der Waals surface area (Å²) in [5, 5.41) is 5.78. The van der Waals surface area contributed by atoms with E-state index in [-0.39, 0.29) is 11.9 Å². The van der Waals surface area contributed by atoms with E-state index in [1.807, 2.05) is 13.8 Å². The molecule has 2 N–H and O–H groups in total. The normalized spacial score (nSPS) is 10.5. The molecule has 0 saturated carbocycles. The molecule has 0 spiro atoms. The highest BCUT2D eigenvalue weighted by Gasteiger charge is 2.21. The average Bonchev–Trinajstić information content (AvgIpc) is 2.76. The highest BCUT2D eigenvalue weighted by molar-refractivity contribution is 6.08. The number of methoxy groups -OCH3 is 3. The van der Waals surface area contributed by atoms with Crippen LogP contribution in [0.4, 0.5) is 5.69 Å². The lowest BCUT2D eigenvalue weighted by Crippen LogP contribution is -2.33. The third-order valence-corrected chi connectivity index (χ3v) is 4.78. The molecule has 8 nitrogen and oxygen atoms in total. The molecule has 2 rings (SSSR count). The van der Waals surface area contributed by atoms with Gasteiger partial charge in [0, 0.05) is 17.3 Å². The summed E-state index contributed by atoms with van der Waals surface area (Å²) in [4.78, 5) is 29.8. The number of aromatic nitrogens is 1. The first-order valence-corrected chi connectivity index (χ1v) is 9.77. The van der Waals surface area contributed by atoms with Gasteiger partial charge >= 0.3 is 0 Å². The van der Waals surface area contributed by atoms with Gasteiger partial charge in [-0.05, 0) is 38.0 Å². The van der Waals surface area contributed by atoms with Crippen molar-refractivity contribution in [2.45, 2.75) is 39.7 Å². The smallest absolute Gasteiger partial charge is 0.259 e. The quantitative estimate of drug-likeness (QED) is 0.649. The zero-order valence-electron chi connectivity index (χ0n) is 18.3. The average molecular weight is 415 g/mol. The van der Waals surface area contributed by atoms with Gasteiger partial charge in [0.05, 0.1) is 38.8 Å². The lowest BCUT2D eigenvalue weighted by molar-refractivity contribution is 0.0933. The Hall–Kier alpha value is -3.29. The predicted molar refractivity (Wildman–Crippen MR) is 115 cm³/mol. The van der Waals surface area contributed by atoms with Crippen molar-refractivity contribution in [2.75, 3.05) is 26.6 Å². The molecule has 0 fully saturated rings. The van der Waals surface area contributed by atoms with Crippen LogP contribution in [0.2, 0.25) is 0 Å². The Balaban J connectivity index is 2.44. The molecular weight excluding hydrogens is 386 g/mol. The molecule has 0 bridgehead atoms. The van der Waals surface area contributed by atoms with Crippen molar-refractivity contribution >= 4 is 17.5 Å². The van der Waals surface area contributed by atoms with Crippen LogP contribution in [0.5, 0.6) is 17.2 Å². The molecule has 0 saturated heterocycles. The minimum Gasteiger partial charge on any atom is -0.494 e. The maximum atomic E-state index is 12.9. The molecule has 0 radical (unpaired) electrons. The van der Waals surface area contributed by atoms with Gasteiger partial charge in [0.15, 0.2) is 11.5 Å². The van der Waals surface area contributed by atoms with E-state index in [2.05, 4.69) is 15.6 Å². The first-order valence-electron chi connectivity index (χ1n) is 9.77. The van der Waals surface area contributed by atoms with E-state index in [0.29, 0.717) is 39.8 Å². The van der Waals surface area contributed by atoms with Gasteiger partial charge < -0.3 is 24.8 Å². The van der Waals surface area contributed by atoms with E-state index < -0.39 is 5.91 Å². The Bertz CT molecular complexity index is 910. The Labute approximate surface area is 176 Å². The van der Waals surface area contributed by atoms with Crippen LogP contribution in [0, 0.1) is 6.92 Å². The minimum atomic E-state index is -0.421. The van der Waals surface area contributed by atoms with E-state index in [1.165, 1.54) is 27.5 Å². The third-order valence-electron chi connectivity index (χ3n) is 4.78. The van der Waals surface area contributed by atoms with Gasteiger partial charge in [-0.2, -0.15) is 0 Å². The lowest BCUT2D eigenvalue weighted by Gasteiger charge is -2.18. The second kappa shape index (κ2) is 10.5. The Morgan fingerprint density at radius 1 is 0.967 bits per heavy atom. The number of hydrogen-bond donors (Lipinski definition) is 2. The minimum absolute atomic E-state index is 0.0627. The van der Waals surface area contributed by atoms with Gasteiger partial charge in [0.2, 0.25) is 0 Å². The summed E-state index contributed by atoms with van der Waals surface area (Å²) in [6.07, 6.45) is 3.13. The molecule has 2 amide bonds. The lowest BCUT2D eigenvalue weighted by atomic mass is 10.1. The van der Waals surface area contributed by atoms with Crippen molar-refractivity contribution in [3.05, 3.63) is 41.2 Å². The number of amides is 2. The Morgan fingerprint density at radius 3 is 2.20 bits per heavy atom. The number of anilines is 1. The van der Waals surface area contributed by atoms with Crippen LogP contribution < -0.4 is 24.8 Å². The predicted octanol–water partition coefficient (Wildman–Crippen LogP) is 3.59. The number of ether oxygens (including phenoxy) is 3. The van der Waals surface area contributed by atoms with Crippen molar-refractivity contribution in [3.63, 3.8) is 0 Å². The number of nitrogens with one attached hydrogen (secondary N) is 2. The van der Waals surface area contributed by atoms with E-state index in [9.17, 15) is 9.59 Å². The van der Waals surface area contributed by atoms with Gasteiger partial charge in [-0.25, -0.2) is 0 Å². The van der Waals surface area contributed by atoms with E-state index in [4.69, 9.17) is 14.2 Å². The van der Waals surface area contributed by atoms with E-state index >= 15 is 0 Å². The zero-order chi connectivity index (χ0) is 22.3. The number of carbonyl (C=O) groups is 2. The summed E-state index contributed by atoms with van der Waals surface area (Å²) in [5.41, 5.74) is 1.66. The largest absolute Gasteiger partial charge is 0.494 e. The molecule has 2 aromatic rings. The van der Waals surface area contributed by atoms with E-state index in [1.54, 1.807) is 25.1 Å². The van der Waals surface area contributed by atoms with Crippen molar-refractivity contribution in [1.82, 2.24) is 10.3 Å². The number of pyridine rings is 1. The van der Waals surface area contributed by atoms with Crippen LogP contribution in [0.25, 0.3) is 0 Å². The van der Waals surface area contributed by atoms with Crippen LogP contribution in [-0.4, -0.2) is 44.2 Å². The molecular formula is C22H29N3O5. The van der Waals surface area contributed by atoms with Gasteiger partial charge in [-0.15, -0.1) is 0 Å². The second-order valence-electron chi connectivity index (χ2n) is 6.73. The van der Waals surface area contributed by atoms with Crippen molar-refractivity contribution in [1.29, 1.82) is 0 Å². The summed E-state index contributed by atoms with van der Waals surface area (Å²) >= 11 is 0. The van der Waals surface area contributed by atoms with Crippen molar-refractivity contribution < 1.29 is 23.8 Å². The summed E-state index contributed by atoms with van der Waals surface area (Å²) in [6, 6.07) is 4.84. The summed E-state index contributed by atoms with van der Waals surface area (Å²) in [7, 11) is 4.41. The number of carbonyl (C=O) groups excluding carboxylic acids is 2. The summed E-state index contributed by atoms with van der Waals surface area (Å²) < 4.78 is 16.1. The molecule has 8 heteroatoms. The van der Waals surface area contributed by atoms with Crippen molar-refractivity contribution in [2.24, 2.45) is 0 Å². The zero-order valence-corrected chi connectivity index (χ0v) is 18.3. The molecule has 1 aromatic heterocycles. The maximum absolute atomic E-state index is 12.9. The highest BCUT2D eigenvalue weighted by Crippen LogP contribution is 2.37. The standard InChI is InChI=1S/C22H29N3O5/c1-7-15(8-2)24-21(26)14-10-17(20(30-6)18(11-14)28-4)25-22(27)16-9-13(3)23-12-19(16)29-5/h9-12,15H,7-8H2,1-6H3,(H,24,26)(H,25,27). The van der Waals surface area contributed by atoms with Gasteiger partial charge in [-0.3, -0.25) is 14.6 Å². The Morgan fingerprint density at radius 2 is 1.63 bits per heavy atom. The molecule has 0 atom stereocenters. The van der Waals surface area contributed by atoms with E-state index in [0.717, 1.165) is 12.8 Å². The maximum Gasteiger partial charge on any atom is 0.259 e. The first kappa shape index (κ1) is 23.0. The van der Waals surface area contributed by atoms with Crippen molar-refractivity contribution in [3.8, 4) is 17.2 Å². The molecule has 0 unspecified atom stereocenters. The molecule has 0 aliphatic rings. The first-order chi connectivity index (χ1) is 14.4. The topological polar surface area (TPSA) is 98.8 Å². The number of benzene rings is 1. The molecule has 1 aromatic carbocycles. The van der Waals surface area contributed by atoms with Gasteiger partial charge in [0.1, 0.15) is 5.75 Å². The van der Waals surface area contributed by atoms with Gasteiger partial charge in [-0.1, -0.05) is 13.8 Å². The van der Waals surface area contributed by atoms with Crippen LogP contribution in [-0.2, 0) is 0 Å². The molecule has 0 aliphatic carbocycles. The highest BCUT2D eigenvalue weighted by atomic mass is 16.5. The van der Waals surface area contributed by atoms with Crippen LogP contribution in [0.1, 0.15) is 53.1 Å². The van der Waals surface area contributed by atoms with Crippen LogP contribution in [0.3, 0.4) is 0 Å². The van der Waals surface area contributed by atoms with Crippen LogP contribution in [0.15, 0.2) is 24.4 Å². The number of hydrogen-bond acceptors (Lipinski definition) is 6. The molecule has 0 aliphatic heterocycles. The summed E-state index contributed by atoms with van der Waals surface area (Å²) in [5.74, 6) is 0.317. The SMILES string of the molecule is CCC(CC)NC(=O)c1cc(NC(=O)c2cc(C)ncc2OC)c(OC)c(OC)c1. The molecule has 162 valence electrons. The second-order valence-corrected chi connectivity index (χ2v) is 6.73. The molecule has 30 heavy (non-hydrogen) atoms. The Kier molecular flexibility index (Phi) is 8.03. The number of rotatable bonds is 9. The fraction of sp³-hybridized carbons (Fsp3) is 0.409. The monoisotopic (exact) mass is 415 g/mol. The third kappa shape index (κ3) is 5.20. The molecule has 1 heterocycles. The number of nitrogens with zero attached hydrogens (tertiary/aromatic N) is 1. The van der Waals surface area contributed by atoms with Crippen LogP contribution >= 0.6 is 0 Å². The fourth-order valence-corrected chi connectivity index (χ4v) is 3.03. The summed E-state index contributed by atoms with van der Waals surface area (Å²) in [6.45, 7) is 5.81.